The molecule has 0 heterocycles. The number of hydrogen-bond acceptors (Lipinski definition) is 3. The number of halogens is 1. The van der Waals surface area contributed by atoms with E-state index in [1.165, 1.54) is 0 Å². The molecule has 1 aliphatic carbocycles. The predicted octanol–water partition coefficient (Wildman–Crippen LogP) is 1.76. The molecule has 0 aliphatic heterocycles. The highest BCUT2D eigenvalue weighted by Crippen LogP contribution is 2.50. The number of rotatable bonds is 6. The summed E-state index contributed by atoms with van der Waals surface area (Å²) in [4.78, 5) is 11.5. The summed E-state index contributed by atoms with van der Waals surface area (Å²) in [6, 6.07) is -0.315. The molecule has 0 unspecified atom stereocenters. The summed E-state index contributed by atoms with van der Waals surface area (Å²) < 4.78 is 6.26. The third kappa shape index (κ3) is 3.70. The van der Waals surface area contributed by atoms with Crippen LogP contribution < -0.4 is 10.6 Å². The van der Waals surface area contributed by atoms with Gasteiger partial charge in [-0.2, -0.15) is 0 Å². The second-order valence-corrected chi connectivity index (χ2v) is 6.58. The van der Waals surface area contributed by atoms with E-state index >= 15 is 0 Å². The zero-order chi connectivity index (χ0) is 14.7. The molecule has 0 saturated heterocycles. The Morgan fingerprint density at radius 3 is 2.63 bits per heavy atom. The molecule has 0 spiro atoms. The number of amides is 2. The second-order valence-electron chi connectivity index (χ2n) is 5.45. The molecule has 1 saturated carbocycles. The van der Waals surface area contributed by atoms with Crippen LogP contribution in [0.2, 0.25) is 0 Å². The lowest BCUT2D eigenvalue weighted by atomic mass is 9.56. The van der Waals surface area contributed by atoms with Crippen molar-refractivity contribution in [2.75, 3.05) is 19.7 Å². The zero-order valence-corrected chi connectivity index (χ0v) is 13.3. The minimum absolute atomic E-state index is 0.0367. The molecule has 2 atom stereocenters. The zero-order valence-electron chi connectivity index (χ0n) is 11.8. The van der Waals surface area contributed by atoms with Crippen LogP contribution in [0.5, 0.6) is 0 Å². The molecule has 0 bridgehead atoms. The van der Waals surface area contributed by atoms with Crippen LogP contribution >= 0.6 is 15.9 Å². The molecule has 0 aromatic rings. The van der Waals surface area contributed by atoms with E-state index in [2.05, 4.69) is 33.1 Å². The summed E-state index contributed by atoms with van der Waals surface area (Å²) in [5.41, 5.74) is -1.29. The third-order valence-electron chi connectivity index (χ3n) is 3.88. The Hall–Kier alpha value is -0.590. The highest BCUT2D eigenvalue weighted by Gasteiger charge is 2.59. The first kappa shape index (κ1) is 16.5. The second kappa shape index (κ2) is 6.24. The molecule has 5 nitrogen and oxygen atoms in total. The summed E-state index contributed by atoms with van der Waals surface area (Å²) in [6.07, 6.45) is 0.578. The monoisotopic (exact) mass is 334 g/mol. The standard InChI is InChI=1S/C13H23BrN2O3/c1-5-19-10-6-13(18,12(10,3)4)8-16-11(17)15-7-9(2)14/h10,18H,2,5-8H2,1,3-4H3,(H2,15,16,17)/t10-,13-/m1/s1. The van der Waals surface area contributed by atoms with Gasteiger partial charge in [0.1, 0.15) is 0 Å². The molecule has 1 aliphatic rings. The van der Waals surface area contributed by atoms with Crippen molar-refractivity contribution < 1.29 is 14.6 Å². The van der Waals surface area contributed by atoms with Gasteiger partial charge in [0.25, 0.3) is 0 Å². The van der Waals surface area contributed by atoms with Gasteiger partial charge in [0, 0.05) is 29.5 Å². The maximum absolute atomic E-state index is 11.5. The van der Waals surface area contributed by atoms with Gasteiger partial charge in [-0.05, 0) is 6.92 Å². The van der Waals surface area contributed by atoms with Crippen molar-refractivity contribution in [3.63, 3.8) is 0 Å². The molecular weight excluding hydrogens is 312 g/mol. The largest absolute Gasteiger partial charge is 0.387 e. The van der Waals surface area contributed by atoms with Crippen LogP contribution in [0.3, 0.4) is 0 Å². The summed E-state index contributed by atoms with van der Waals surface area (Å²) in [7, 11) is 0. The van der Waals surface area contributed by atoms with Crippen molar-refractivity contribution in [2.45, 2.75) is 38.9 Å². The number of urea groups is 1. The van der Waals surface area contributed by atoms with Gasteiger partial charge in [0.15, 0.2) is 0 Å². The van der Waals surface area contributed by atoms with Gasteiger partial charge >= 0.3 is 6.03 Å². The SMILES string of the molecule is C=C(Br)CNC(=O)NC[C@]1(O)C[C@@H](OCC)C1(C)C. The predicted molar refractivity (Wildman–Crippen MR) is 78.2 cm³/mol. The first-order valence-electron chi connectivity index (χ1n) is 6.42. The lowest BCUT2D eigenvalue weighted by molar-refractivity contribution is -0.237. The lowest BCUT2D eigenvalue weighted by Gasteiger charge is -2.57. The number of aliphatic hydroxyl groups is 1. The molecule has 1 rings (SSSR count). The third-order valence-corrected chi connectivity index (χ3v) is 4.16. The van der Waals surface area contributed by atoms with Gasteiger partial charge in [-0.25, -0.2) is 4.79 Å². The van der Waals surface area contributed by atoms with E-state index < -0.39 is 5.60 Å². The van der Waals surface area contributed by atoms with Crippen molar-refractivity contribution in [3.8, 4) is 0 Å². The number of hydrogen-bond donors (Lipinski definition) is 3. The highest BCUT2D eigenvalue weighted by molar-refractivity contribution is 9.11. The fourth-order valence-electron chi connectivity index (χ4n) is 2.23. The van der Waals surface area contributed by atoms with E-state index in [1.54, 1.807) is 0 Å². The van der Waals surface area contributed by atoms with Crippen LogP contribution in [-0.4, -0.2) is 42.5 Å². The minimum atomic E-state index is -0.921. The number of carbonyl (C=O) groups is 1. The fraction of sp³-hybridized carbons (Fsp3) is 0.769. The highest BCUT2D eigenvalue weighted by atomic mass is 79.9. The Bertz CT molecular complexity index is 360. The quantitative estimate of drug-likeness (QED) is 0.693. The molecule has 19 heavy (non-hydrogen) atoms. The minimum Gasteiger partial charge on any atom is -0.387 e. The average Bonchev–Trinajstić information content (AvgIpc) is 2.33. The first-order valence-corrected chi connectivity index (χ1v) is 7.21. The maximum atomic E-state index is 11.5. The van der Waals surface area contributed by atoms with Crippen LogP contribution in [0.15, 0.2) is 11.1 Å². The Morgan fingerprint density at radius 2 is 2.16 bits per heavy atom. The Labute approximate surface area is 122 Å². The summed E-state index contributed by atoms with van der Waals surface area (Å²) in [5, 5.41) is 15.8. The van der Waals surface area contributed by atoms with Crippen LogP contribution in [-0.2, 0) is 4.74 Å². The van der Waals surface area contributed by atoms with Gasteiger partial charge in [0.2, 0.25) is 0 Å². The van der Waals surface area contributed by atoms with Crippen molar-refractivity contribution in [1.29, 1.82) is 0 Å². The topological polar surface area (TPSA) is 70.6 Å². The molecule has 6 heteroatoms. The number of nitrogens with one attached hydrogen (secondary N) is 2. The van der Waals surface area contributed by atoms with Crippen LogP contribution in [0, 0.1) is 5.41 Å². The van der Waals surface area contributed by atoms with Gasteiger partial charge in [-0.3, -0.25) is 0 Å². The number of ether oxygens (including phenoxy) is 1. The van der Waals surface area contributed by atoms with Gasteiger partial charge in [-0.1, -0.05) is 36.4 Å². The molecule has 1 fully saturated rings. The lowest BCUT2D eigenvalue weighted by Crippen LogP contribution is -2.69. The molecule has 0 aromatic carbocycles. The van der Waals surface area contributed by atoms with Crippen molar-refractivity contribution >= 4 is 22.0 Å². The molecule has 3 N–H and O–H groups in total. The van der Waals surface area contributed by atoms with E-state index in [4.69, 9.17) is 4.74 Å². The summed E-state index contributed by atoms with van der Waals surface area (Å²) in [5.74, 6) is 0. The first-order chi connectivity index (χ1) is 8.73. The van der Waals surface area contributed by atoms with Gasteiger partial charge < -0.3 is 20.5 Å². The summed E-state index contributed by atoms with van der Waals surface area (Å²) in [6.45, 7) is 10.7. The fourth-order valence-corrected chi connectivity index (χ4v) is 2.37. The van der Waals surface area contributed by atoms with E-state index in [0.29, 0.717) is 24.1 Å². The summed E-state index contributed by atoms with van der Waals surface area (Å²) >= 11 is 3.16. The van der Waals surface area contributed by atoms with Crippen LogP contribution in [0.1, 0.15) is 27.2 Å². The van der Waals surface area contributed by atoms with E-state index in [9.17, 15) is 9.90 Å². The van der Waals surface area contributed by atoms with E-state index in [-0.39, 0.29) is 24.1 Å². The molecule has 2 amide bonds. The molecule has 0 radical (unpaired) electrons. The average molecular weight is 335 g/mol. The van der Waals surface area contributed by atoms with Crippen LogP contribution in [0.4, 0.5) is 4.79 Å². The Kier molecular flexibility index (Phi) is 5.41. The number of carbonyl (C=O) groups excluding carboxylic acids is 1. The van der Waals surface area contributed by atoms with E-state index in [1.807, 2.05) is 20.8 Å². The molecule has 110 valence electrons. The Morgan fingerprint density at radius 1 is 1.53 bits per heavy atom. The van der Waals surface area contributed by atoms with Crippen LogP contribution in [0.25, 0.3) is 0 Å². The maximum Gasteiger partial charge on any atom is 0.315 e. The molecule has 0 aromatic heterocycles. The van der Waals surface area contributed by atoms with Crippen molar-refractivity contribution in [2.24, 2.45) is 5.41 Å². The van der Waals surface area contributed by atoms with Crippen molar-refractivity contribution in [1.82, 2.24) is 10.6 Å². The van der Waals surface area contributed by atoms with E-state index in [0.717, 1.165) is 0 Å². The van der Waals surface area contributed by atoms with Gasteiger partial charge in [0.05, 0.1) is 18.2 Å². The normalized spacial score (nSPS) is 28.4. The van der Waals surface area contributed by atoms with Gasteiger partial charge in [-0.15, -0.1) is 0 Å². The smallest absolute Gasteiger partial charge is 0.315 e. The Balaban J connectivity index is 2.41. The molecular formula is C13H23BrN2O3. The van der Waals surface area contributed by atoms with Crippen molar-refractivity contribution in [3.05, 3.63) is 11.1 Å².